The third-order valence-corrected chi connectivity index (χ3v) is 7.18. The minimum absolute atomic E-state index is 0.163. The smallest absolute Gasteiger partial charge is 0.278 e. The summed E-state index contributed by atoms with van der Waals surface area (Å²) in [6.07, 6.45) is 1.55. The molecule has 2 aliphatic rings. The molecular weight excluding hydrogens is 433 g/mol. The Kier molecular flexibility index (Phi) is 5.18. The van der Waals surface area contributed by atoms with E-state index in [0.29, 0.717) is 23.9 Å². The van der Waals surface area contributed by atoms with Gasteiger partial charge in [0.25, 0.3) is 5.91 Å². The maximum atomic E-state index is 14.3. The number of thioether (sulfide) groups is 1. The van der Waals surface area contributed by atoms with Crippen LogP contribution >= 0.6 is 27.7 Å². The number of carbonyl (C=O) groups is 1. The summed E-state index contributed by atoms with van der Waals surface area (Å²) in [5, 5.41) is 0. The number of halogens is 2. The summed E-state index contributed by atoms with van der Waals surface area (Å²) in [4.78, 5) is 14.9. The number of para-hydroxylation sites is 2. The number of anilines is 1. The molecule has 1 amide bonds. The number of hydrogen-bond donors (Lipinski definition) is 0. The fourth-order valence-corrected chi connectivity index (χ4v) is 4.93. The highest BCUT2D eigenvalue weighted by Gasteiger charge is 2.35. The van der Waals surface area contributed by atoms with Crippen LogP contribution in [0.15, 0.2) is 47.4 Å². The highest BCUT2D eigenvalue weighted by molar-refractivity contribution is 9.09. The minimum atomic E-state index is -0.750. The summed E-state index contributed by atoms with van der Waals surface area (Å²) in [5.41, 5.74) is 0.853. The fraction of sp³-hybridized carbons (Fsp3) is 0.350. The number of amides is 1. The average Bonchev–Trinajstić information content (AvgIpc) is 2.66. The lowest BCUT2D eigenvalue weighted by Crippen LogP contribution is -2.41. The van der Waals surface area contributed by atoms with E-state index in [9.17, 15) is 9.18 Å². The molecule has 0 saturated carbocycles. The molecule has 2 aliphatic heterocycles. The second kappa shape index (κ2) is 7.45. The Morgan fingerprint density at radius 3 is 2.74 bits per heavy atom. The normalized spacial score (nSPS) is 21.5. The summed E-state index contributed by atoms with van der Waals surface area (Å²) in [6.45, 7) is 1.27. The van der Waals surface area contributed by atoms with E-state index in [4.69, 9.17) is 9.47 Å². The summed E-state index contributed by atoms with van der Waals surface area (Å²) in [5.74, 6) is 0.164. The Labute approximate surface area is 170 Å². The van der Waals surface area contributed by atoms with Crippen LogP contribution in [-0.2, 0) is 13.9 Å². The predicted molar refractivity (Wildman–Crippen MR) is 107 cm³/mol. The maximum absolute atomic E-state index is 14.3. The van der Waals surface area contributed by atoms with Crippen LogP contribution in [0.4, 0.5) is 10.1 Å². The van der Waals surface area contributed by atoms with Crippen molar-refractivity contribution in [2.45, 2.75) is 27.5 Å². The Bertz CT molecular complexity index is 872. The van der Waals surface area contributed by atoms with Gasteiger partial charge in [0.2, 0.25) is 5.44 Å². The largest absolute Gasteiger partial charge is 0.467 e. The highest BCUT2D eigenvalue weighted by atomic mass is 79.9. The van der Waals surface area contributed by atoms with Gasteiger partial charge in [-0.15, -0.1) is 0 Å². The monoisotopic (exact) mass is 451 g/mol. The molecule has 2 aromatic rings. The molecule has 1 atom stereocenters. The first-order chi connectivity index (χ1) is 13.0. The molecule has 27 heavy (non-hydrogen) atoms. The maximum Gasteiger partial charge on any atom is 0.278 e. The molecule has 0 spiro atoms. The Morgan fingerprint density at radius 1 is 1.22 bits per heavy atom. The Hall–Kier alpha value is -1.57. The minimum Gasteiger partial charge on any atom is -0.467 e. The van der Waals surface area contributed by atoms with Crippen molar-refractivity contribution in [1.29, 1.82) is 0 Å². The standard InChI is InChI=1S/C20H19BrFNO3S/c1-23-16-4-2-3-5-17(16)26-19(18(23)24)27-15-11-13(10-14(22)12-15)20(21)6-8-25-9-7-20/h2-5,10-12,19H,6-9H2,1H3. The van der Waals surface area contributed by atoms with Gasteiger partial charge in [-0.3, -0.25) is 4.79 Å². The molecule has 0 radical (unpaired) electrons. The third-order valence-electron chi connectivity index (χ3n) is 4.91. The van der Waals surface area contributed by atoms with Gasteiger partial charge in [0.1, 0.15) is 11.6 Å². The Morgan fingerprint density at radius 2 is 1.96 bits per heavy atom. The second-order valence-electron chi connectivity index (χ2n) is 6.69. The number of benzene rings is 2. The molecule has 142 valence electrons. The zero-order chi connectivity index (χ0) is 19.0. The second-order valence-corrected chi connectivity index (χ2v) is 9.34. The van der Waals surface area contributed by atoms with Crippen molar-refractivity contribution in [3.05, 3.63) is 53.8 Å². The molecule has 1 saturated heterocycles. The van der Waals surface area contributed by atoms with Gasteiger partial charge >= 0.3 is 0 Å². The van der Waals surface area contributed by atoms with Crippen molar-refractivity contribution in [2.24, 2.45) is 0 Å². The van der Waals surface area contributed by atoms with Crippen LogP contribution in [0.25, 0.3) is 0 Å². The van der Waals surface area contributed by atoms with Crippen molar-refractivity contribution in [2.75, 3.05) is 25.2 Å². The molecule has 2 heterocycles. The molecule has 4 rings (SSSR count). The number of ether oxygens (including phenoxy) is 2. The van der Waals surface area contributed by atoms with E-state index in [-0.39, 0.29) is 16.0 Å². The predicted octanol–water partition coefficient (Wildman–Crippen LogP) is 4.70. The van der Waals surface area contributed by atoms with Crippen LogP contribution in [0.3, 0.4) is 0 Å². The molecule has 1 fully saturated rings. The third kappa shape index (κ3) is 3.73. The number of nitrogens with zero attached hydrogens (tertiary/aromatic N) is 1. The number of rotatable bonds is 3. The molecule has 0 N–H and O–H groups in total. The number of likely N-dealkylation sites (N-methyl/N-ethyl adjacent to an activating group) is 1. The van der Waals surface area contributed by atoms with Crippen molar-refractivity contribution in [3.8, 4) is 5.75 Å². The number of alkyl halides is 1. The molecule has 7 heteroatoms. The van der Waals surface area contributed by atoms with Crippen molar-refractivity contribution in [3.63, 3.8) is 0 Å². The lowest BCUT2D eigenvalue weighted by Gasteiger charge is -2.33. The van der Waals surface area contributed by atoms with Gasteiger partial charge in [-0.2, -0.15) is 0 Å². The number of hydrogen-bond acceptors (Lipinski definition) is 4. The van der Waals surface area contributed by atoms with Gasteiger partial charge in [0.15, 0.2) is 0 Å². The molecule has 1 unspecified atom stereocenters. The van der Waals surface area contributed by atoms with Crippen molar-refractivity contribution < 1.29 is 18.7 Å². The highest BCUT2D eigenvalue weighted by Crippen LogP contribution is 2.43. The number of carbonyl (C=O) groups excluding carboxylic acids is 1. The van der Waals surface area contributed by atoms with Crippen molar-refractivity contribution >= 4 is 39.3 Å². The summed E-state index contributed by atoms with van der Waals surface area (Å²) >= 11 is 5.00. The lowest BCUT2D eigenvalue weighted by molar-refractivity contribution is -0.122. The summed E-state index contributed by atoms with van der Waals surface area (Å²) < 4.78 is 25.3. The van der Waals surface area contributed by atoms with Gasteiger partial charge in [-0.1, -0.05) is 39.8 Å². The zero-order valence-corrected chi connectivity index (χ0v) is 17.2. The van der Waals surface area contributed by atoms with E-state index < -0.39 is 5.44 Å². The van der Waals surface area contributed by atoms with Crippen LogP contribution in [0, 0.1) is 5.82 Å². The topological polar surface area (TPSA) is 38.8 Å². The first kappa shape index (κ1) is 18.8. The number of fused-ring (bicyclic) bond motifs is 1. The van der Waals surface area contributed by atoms with Crippen LogP contribution in [0.2, 0.25) is 0 Å². The van der Waals surface area contributed by atoms with Crippen LogP contribution in [0.1, 0.15) is 18.4 Å². The van der Waals surface area contributed by atoms with E-state index in [2.05, 4.69) is 15.9 Å². The zero-order valence-electron chi connectivity index (χ0n) is 14.8. The fourth-order valence-electron chi connectivity index (χ4n) is 3.35. The Balaban J connectivity index is 1.60. The van der Waals surface area contributed by atoms with Crippen LogP contribution in [-0.4, -0.2) is 31.6 Å². The lowest BCUT2D eigenvalue weighted by atomic mass is 9.91. The van der Waals surface area contributed by atoms with Gasteiger partial charge in [-0.05, 0) is 48.7 Å². The van der Waals surface area contributed by atoms with Gasteiger partial charge in [0, 0.05) is 25.2 Å². The molecule has 4 nitrogen and oxygen atoms in total. The van der Waals surface area contributed by atoms with E-state index in [1.807, 2.05) is 30.3 Å². The van der Waals surface area contributed by atoms with Gasteiger partial charge in [-0.25, -0.2) is 4.39 Å². The first-order valence-corrected chi connectivity index (χ1v) is 10.4. The molecule has 0 bridgehead atoms. The molecule has 0 aliphatic carbocycles. The SMILES string of the molecule is CN1C(=O)C(Sc2cc(F)cc(C3(Br)CCOCC3)c2)Oc2ccccc21. The van der Waals surface area contributed by atoms with E-state index in [1.54, 1.807) is 18.0 Å². The average molecular weight is 452 g/mol. The quantitative estimate of drug-likeness (QED) is 0.633. The van der Waals surface area contributed by atoms with E-state index >= 15 is 0 Å². The van der Waals surface area contributed by atoms with E-state index in [0.717, 1.165) is 24.1 Å². The summed E-state index contributed by atoms with van der Waals surface area (Å²) in [6, 6.07) is 12.3. The molecule has 0 aromatic heterocycles. The van der Waals surface area contributed by atoms with Crippen LogP contribution in [0.5, 0.6) is 5.75 Å². The first-order valence-electron chi connectivity index (χ1n) is 8.74. The molecule has 2 aromatic carbocycles. The molecular formula is C20H19BrFNO3S. The van der Waals surface area contributed by atoms with E-state index in [1.165, 1.54) is 17.8 Å². The van der Waals surface area contributed by atoms with Gasteiger partial charge < -0.3 is 14.4 Å². The van der Waals surface area contributed by atoms with Crippen molar-refractivity contribution in [1.82, 2.24) is 0 Å². The van der Waals surface area contributed by atoms with Crippen LogP contribution < -0.4 is 9.64 Å². The summed E-state index contributed by atoms with van der Waals surface area (Å²) in [7, 11) is 1.73. The van der Waals surface area contributed by atoms with Gasteiger partial charge in [0.05, 0.1) is 10.0 Å².